The van der Waals surface area contributed by atoms with E-state index in [0.717, 1.165) is 19.3 Å². The molecule has 0 aliphatic heterocycles. The Hall–Kier alpha value is -2.22. The molecule has 0 unspecified atom stereocenters. The third-order valence-electron chi connectivity index (χ3n) is 3.40. The number of ether oxygens (including phenoxy) is 1. The minimum Gasteiger partial charge on any atom is -0.462 e. The van der Waals surface area contributed by atoms with E-state index < -0.39 is 11.5 Å². The van der Waals surface area contributed by atoms with Gasteiger partial charge in [0.1, 0.15) is 11.4 Å². The summed E-state index contributed by atoms with van der Waals surface area (Å²) in [6.45, 7) is 4.70. The molecule has 0 aliphatic carbocycles. The highest BCUT2D eigenvalue weighted by Crippen LogP contribution is 2.21. The van der Waals surface area contributed by atoms with Gasteiger partial charge in [0.2, 0.25) is 5.91 Å². The highest BCUT2D eigenvalue weighted by Gasteiger charge is 2.19. The number of thiophene rings is 1. The lowest BCUT2D eigenvalue weighted by Gasteiger charge is -2.07. The summed E-state index contributed by atoms with van der Waals surface area (Å²) in [6.07, 6.45) is 3.84. The number of carbonyl (C=O) groups excluding carboxylic acids is 2. The molecule has 0 atom stereocenters. The molecular formula is C16H21N3O4S. The second-order valence-electron chi connectivity index (χ2n) is 5.35. The molecule has 24 heavy (non-hydrogen) atoms. The molecule has 1 N–H and O–H groups in total. The summed E-state index contributed by atoms with van der Waals surface area (Å²) in [7, 11) is 0. The van der Waals surface area contributed by atoms with Crippen molar-refractivity contribution in [1.82, 2.24) is 14.9 Å². The Morgan fingerprint density at radius 2 is 2.12 bits per heavy atom. The zero-order valence-electron chi connectivity index (χ0n) is 13.8. The number of rotatable bonds is 8. The maximum absolute atomic E-state index is 12.6. The van der Waals surface area contributed by atoms with E-state index in [-0.39, 0.29) is 23.4 Å². The number of nitrogens with zero attached hydrogens (tertiary/aromatic N) is 2. The number of hydrogen-bond acceptors (Lipinski definition) is 6. The second kappa shape index (κ2) is 8.58. The Balaban J connectivity index is 2.26. The average molecular weight is 351 g/mol. The van der Waals surface area contributed by atoms with E-state index in [0.29, 0.717) is 18.0 Å². The first-order valence-corrected chi connectivity index (χ1v) is 8.86. The van der Waals surface area contributed by atoms with E-state index in [1.807, 2.05) is 13.8 Å². The van der Waals surface area contributed by atoms with Crippen molar-refractivity contribution in [2.45, 2.75) is 39.7 Å². The first-order chi connectivity index (χ1) is 11.6. The Bertz CT molecular complexity index is 781. The normalized spacial score (nSPS) is 10.8. The Morgan fingerprint density at radius 3 is 2.83 bits per heavy atom. The molecule has 0 saturated heterocycles. The van der Waals surface area contributed by atoms with E-state index >= 15 is 0 Å². The molecule has 2 aromatic heterocycles. The monoisotopic (exact) mass is 351 g/mol. The van der Waals surface area contributed by atoms with E-state index in [1.165, 1.54) is 22.2 Å². The summed E-state index contributed by atoms with van der Waals surface area (Å²) in [5, 5.41) is 4.50. The lowest BCUT2D eigenvalue weighted by Crippen LogP contribution is -2.33. The molecule has 1 amide bonds. The third kappa shape index (κ3) is 4.19. The maximum Gasteiger partial charge on any atom is 0.339 e. The Morgan fingerprint density at radius 1 is 1.33 bits per heavy atom. The summed E-state index contributed by atoms with van der Waals surface area (Å²) in [5.74, 6) is -0.788. The predicted octanol–water partition coefficient (Wildman–Crippen LogP) is 1.94. The van der Waals surface area contributed by atoms with Gasteiger partial charge in [-0.2, -0.15) is 0 Å². The van der Waals surface area contributed by atoms with Crippen LogP contribution >= 0.6 is 11.3 Å². The lowest BCUT2D eigenvalue weighted by molar-refractivity contribution is -0.121. The molecule has 0 bridgehead atoms. The molecule has 0 fully saturated rings. The van der Waals surface area contributed by atoms with Crippen LogP contribution in [0.5, 0.6) is 0 Å². The summed E-state index contributed by atoms with van der Waals surface area (Å²) in [5.41, 5.74) is -0.192. The molecule has 7 nitrogen and oxygen atoms in total. The van der Waals surface area contributed by atoms with E-state index in [2.05, 4.69) is 10.3 Å². The third-order valence-corrected chi connectivity index (χ3v) is 4.28. The number of carbonyl (C=O) groups is 2. The summed E-state index contributed by atoms with van der Waals surface area (Å²) in [6, 6.07) is 0. The standard InChI is InChI=1S/C16H21N3O4S/c1-3-5-7-23-16(22)11-9-24-14-13(11)15(21)19(10-18-14)8-12(20)17-6-4-2/h9-10H,3-8H2,1-2H3,(H,17,20). The fourth-order valence-electron chi connectivity index (χ4n) is 2.09. The molecule has 130 valence electrons. The summed E-state index contributed by atoms with van der Waals surface area (Å²) >= 11 is 1.21. The van der Waals surface area contributed by atoms with Crippen LogP contribution in [0.25, 0.3) is 10.2 Å². The van der Waals surface area contributed by atoms with Crippen LogP contribution in [0.1, 0.15) is 43.5 Å². The minimum absolute atomic E-state index is 0.123. The lowest BCUT2D eigenvalue weighted by atomic mass is 10.2. The van der Waals surface area contributed by atoms with Gasteiger partial charge in [0.25, 0.3) is 5.56 Å². The molecule has 8 heteroatoms. The van der Waals surface area contributed by atoms with Gasteiger partial charge in [0, 0.05) is 11.9 Å². The van der Waals surface area contributed by atoms with Crippen LogP contribution in [0.15, 0.2) is 16.5 Å². The van der Waals surface area contributed by atoms with Crippen molar-refractivity contribution in [3.63, 3.8) is 0 Å². The topological polar surface area (TPSA) is 90.3 Å². The van der Waals surface area contributed by atoms with Gasteiger partial charge in [-0.3, -0.25) is 14.2 Å². The van der Waals surface area contributed by atoms with Crippen molar-refractivity contribution in [1.29, 1.82) is 0 Å². The maximum atomic E-state index is 12.6. The average Bonchev–Trinajstić information content (AvgIpc) is 3.00. The van der Waals surface area contributed by atoms with Gasteiger partial charge in [-0.1, -0.05) is 20.3 Å². The van der Waals surface area contributed by atoms with Crippen LogP contribution in [0.2, 0.25) is 0 Å². The number of amides is 1. The van der Waals surface area contributed by atoms with Gasteiger partial charge < -0.3 is 10.1 Å². The van der Waals surface area contributed by atoms with E-state index in [4.69, 9.17) is 4.74 Å². The number of nitrogens with one attached hydrogen (secondary N) is 1. The van der Waals surface area contributed by atoms with Gasteiger partial charge in [0.05, 0.1) is 23.9 Å². The van der Waals surface area contributed by atoms with Gasteiger partial charge in [-0.15, -0.1) is 11.3 Å². The van der Waals surface area contributed by atoms with Gasteiger partial charge in [0.15, 0.2) is 0 Å². The SMILES string of the molecule is CCCCOC(=O)c1csc2ncn(CC(=O)NCCC)c(=O)c12. The van der Waals surface area contributed by atoms with Gasteiger partial charge in [-0.05, 0) is 12.8 Å². The van der Waals surface area contributed by atoms with Crippen LogP contribution in [-0.4, -0.2) is 34.6 Å². The number of hydrogen-bond donors (Lipinski definition) is 1. The van der Waals surface area contributed by atoms with Crippen molar-refractivity contribution < 1.29 is 14.3 Å². The Labute approximate surface area is 143 Å². The van der Waals surface area contributed by atoms with Crippen molar-refractivity contribution in [2.24, 2.45) is 0 Å². The quantitative estimate of drug-likeness (QED) is 0.580. The Kier molecular flexibility index (Phi) is 6.48. The van der Waals surface area contributed by atoms with Crippen LogP contribution in [0, 0.1) is 0 Å². The minimum atomic E-state index is -0.526. The number of fused-ring (bicyclic) bond motifs is 1. The molecule has 0 radical (unpaired) electrons. The highest BCUT2D eigenvalue weighted by atomic mass is 32.1. The molecule has 2 aromatic rings. The number of esters is 1. The molecule has 0 aromatic carbocycles. The largest absolute Gasteiger partial charge is 0.462 e. The fraction of sp³-hybridized carbons (Fsp3) is 0.500. The number of unbranched alkanes of at least 4 members (excludes halogenated alkanes) is 1. The van der Waals surface area contributed by atoms with Crippen molar-refractivity contribution in [3.8, 4) is 0 Å². The zero-order valence-corrected chi connectivity index (χ0v) is 14.6. The predicted molar refractivity (Wildman–Crippen MR) is 92.4 cm³/mol. The van der Waals surface area contributed by atoms with Crippen molar-refractivity contribution >= 4 is 33.4 Å². The van der Waals surface area contributed by atoms with Gasteiger partial charge in [-0.25, -0.2) is 9.78 Å². The first-order valence-electron chi connectivity index (χ1n) is 7.98. The first kappa shape index (κ1) is 18.1. The highest BCUT2D eigenvalue weighted by molar-refractivity contribution is 7.17. The van der Waals surface area contributed by atoms with E-state index in [1.54, 1.807) is 5.38 Å². The molecule has 2 heterocycles. The van der Waals surface area contributed by atoms with Crippen molar-refractivity contribution in [3.05, 3.63) is 27.6 Å². The van der Waals surface area contributed by atoms with Crippen LogP contribution in [0.4, 0.5) is 0 Å². The molecule has 2 rings (SSSR count). The second-order valence-corrected chi connectivity index (χ2v) is 6.20. The van der Waals surface area contributed by atoms with Crippen molar-refractivity contribution in [2.75, 3.05) is 13.2 Å². The molecular weight excluding hydrogens is 330 g/mol. The summed E-state index contributed by atoms with van der Waals surface area (Å²) in [4.78, 5) is 41.2. The fourth-order valence-corrected chi connectivity index (χ4v) is 2.96. The van der Waals surface area contributed by atoms with Crippen LogP contribution < -0.4 is 10.9 Å². The van der Waals surface area contributed by atoms with Crippen LogP contribution in [-0.2, 0) is 16.1 Å². The number of aromatic nitrogens is 2. The van der Waals surface area contributed by atoms with Crippen LogP contribution in [0.3, 0.4) is 0 Å². The molecule has 0 saturated carbocycles. The van der Waals surface area contributed by atoms with Gasteiger partial charge >= 0.3 is 5.97 Å². The summed E-state index contributed by atoms with van der Waals surface area (Å²) < 4.78 is 6.39. The molecule has 0 spiro atoms. The zero-order chi connectivity index (χ0) is 17.5. The van der Waals surface area contributed by atoms with E-state index in [9.17, 15) is 14.4 Å². The molecule has 0 aliphatic rings. The smallest absolute Gasteiger partial charge is 0.339 e.